The number of hydrogen-bond donors (Lipinski definition) is 1. The quantitative estimate of drug-likeness (QED) is 0.731. The summed E-state index contributed by atoms with van der Waals surface area (Å²) >= 11 is 6.10. The molecule has 1 N–H and O–H groups in total. The average molecular weight is 451 g/mol. The van der Waals surface area contributed by atoms with E-state index in [-0.39, 0.29) is 10.8 Å². The molecule has 1 saturated heterocycles. The van der Waals surface area contributed by atoms with Crippen LogP contribution < -0.4 is 10.1 Å². The third-order valence-electron chi connectivity index (χ3n) is 5.59. The molecule has 30 heavy (non-hydrogen) atoms. The number of sulfonamides is 1. The molecule has 1 aliphatic carbocycles. The lowest BCUT2D eigenvalue weighted by molar-refractivity contribution is -0.118. The first kappa shape index (κ1) is 21.1. The Morgan fingerprint density at radius 2 is 1.90 bits per heavy atom. The number of morpholine rings is 1. The molecule has 0 spiro atoms. The Morgan fingerprint density at radius 3 is 2.53 bits per heavy atom. The molecule has 2 aromatic rings. The summed E-state index contributed by atoms with van der Waals surface area (Å²) in [6.07, 6.45) is 1.40. The Hall–Kier alpha value is -2.13. The molecule has 0 atom stereocenters. The summed E-state index contributed by atoms with van der Waals surface area (Å²) in [6, 6.07) is 11.8. The molecule has 0 bridgehead atoms. The van der Waals surface area contributed by atoms with E-state index in [1.807, 2.05) is 12.1 Å². The number of carbonyl (C=O) groups is 1. The van der Waals surface area contributed by atoms with Crippen LogP contribution in [0, 0.1) is 0 Å². The Labute approximate surface area is 181 Å². The van der Waals surface area contributed by atoms with Gasteiger partial charge in [0.15, 0.2) is 0 Å². The molecule has 2 fully saturated rings. The van der Waals surface area contributed by atoms with Crippen LogP contribution in [0.2, 0.25) is 5.02 Å². The van der Waals surface area contributed by atoms with Crippen LogP contribution in [-0.4, -0.2) is 52.0 Å². The van der Waals surface area contributed by atoms with Gasteiger partial charge in [-0.05, 0) is 48.7 Å². The van der Waals surface area contributed by atoms with E-state index >= 15 is 0 Å². The zero-order chi connectivity index (χ0) is 21.4. The van der Waals surface area contributed by atoms with Gasteiger partial charge >= 0.3 is 0 Å². The van der Waals surface area contributed by atoms with Crippen LogP contribution in [-0.2, 0) is 25.0 Å². The van der Waals surface area contributed by atoms with Crippen LogP contribution in [0.1, 0.15) is 18.4 Å². The average Bonchev–Trinajstić information content (AvgIpc) is 3.56. The van der Waals surface area contributed by atoms with Gasteiger partial charge < -0.3 is 14.8 Å². The number of halogens is 1. The second-order valence-electron chi connectivity index (χ2n) is 7.43. The van der Waals surface area contributed by atoms with E-state index in [1.165, 1.54) is 23.5 Å². The highest BCUT2D eigenvalue weighted by atomic mass is 35.5. The van der Waals surface area contributed by atoms with Gasteiger partial charge in [0.1, 0.15) is 5.75 Å². The molecule has 0 aromatic heterocycles. The van der Waals surface area contributed by atoms with Crippen LogP contribution >= 0.6 is 11.6 Å². The summed E-state index contributed by atoms with van der Waals surface area (Å²) < 4.78 is 38.0. The van der Waals surface area contributed by atoms with Crippen molar-refractivity contribution in [3.05, 3.63) is 53.1 Å². The SMILES string of the molecule is COc1ccc(S(=O)(=O)N2CCOCC2)cc1NC(=O)C1(c2cccc(Cl)c2)CC1. The van der Waals surface area contributed by atoms with Gasteiger partial charge in [0.25, 0.3) is 0 Å². The van der Waals surface area contributed by atoms with E-state index in [0.29, 0.717) is 55.6 Å². The van der Waals surface area contributed by atoms with Gasteiger partial charge in [-0.1, -0.05) is 23.7 Å². The van der Waals surface area contributed by atoms with Crippen molar-refractivity contribution in [3.8, 4) is 5.75 Å². The van der Waals surface area contributed by atoms with Gasteiger partial charge in [0, 0.05) is 18.1 Å². The van der Waals surface area contributed by atoms with E-state index in [9.17, 15) is 13.2 Å². The minimum absolute atomic E-state index is 0.105. The maximum atomic E-state index is 13.2. The fraction of sp³-hybridized carbons (Fsp3) is 0.381. The topological polar surface area (TPSA) is 84.9 Å². The van der Waals surface area contributed by atoms with Crippen molar-refractivity contribution >= 4 is 33.2 Å². The maximum Gasteiger partial charge on any atom is 0.243 e. The molecule has 0 unspecified atom stereocenters. The Kier molecular flexibility index (Phi) is 5.76. The molecule has 2 aromatic carbocycles. The number of anilines is 1. The second-order valence-corrected chi connectivity index (χ2v) is 9.80. The minimum Gasteiger partial charge on any atom is -0.495 e. The number of rotatable bonds is 6. The Morgan fingerprint density at radius 1 is 1.17 bits per heavy atom. The standard InChI is InChI=1S/C21H23ClN2O5S/c1-28-19-6-5-17(30(26,27)24-9-11-29-12-10-24)14-18(19)23-20(25)21(7-8-21)15-3-2-4-16(22)13-15/h2-6,13-14H,7-12H2,1H3,(H,23,25). The van der Waals surface area contributed by atoms with Crippen LogP contribution in [0.4, 0.5) is 5.69 Å². The summed E-state index contributed by atoms with van der Waals surface area (Å²) in [5.74, 6) is 0.190. The van der Waals surface area contributed by atoms with Gasteiger partial charge in [0.05, 0.1) is 36.3 Å². The molecule has 160 valence electrons. The lowest BCUT2D eigenvalue weighted by atomic mass is 9.95. The first-order valence-corrected chi connectivity index (χ1v) is 11.5. The summed E-state index contributed by atoms with van der Waals surface area (Å²) in [5, 5.41) is 3.45. The fourth-order valence-corrected chi connectivity index (χ4v) is 5.31. The van der Waals surface area contributed by atoms with Gasteiger partial charge in [-0.15, -0.1) is 0 Å². The van der Waals surface area contributed by atoms with Crippen LogP contribution in [0.3, 0.4) is 0 Å². The molecule has 1 heterocycles. The molecule has 1 amide bonds. The number of ether oxygens (including phenoxy) is 2. The molecular weight excluding hydrogens is 428 g/mol. The molecule has 2 aliphatic rings. The highest BCUT2D eigenvalue weighted by molar-refractivity contribution is 7.89. The highest BCUT2D eigenvalue weighted by Crippen LogP contribution is 2.49. The van der Waals surface area contributed by atoms with Gasteiger partial charge in [-0.25, -0.2) is 8.42 Å². The Balaban J connectivity index is 1.62. The smallest absolute Gasteiger partial charge is 0.243 e. The third-order valence-corrected chi connectivity index (χ3v) is 7.72. The van der Waals surface area contributed by atoms with Crippen molar-refractivity contribution in [3.63, 3.8) is 0 Å². The molecule has 1 aliphatic heterocycles. The number of benzene rings is 2. The van der Waals surface area contributed by atoms with Crippen LogP contribution in [0.15, 0.2) is 47.4 Å². The van der Waals surface area contributed by atoms with Crippen molar-refractivity contribution in [1.82, 2.24) is 4.31 Å². The monoisotopic (exact) mass is 450 g/mol. The summed E-state index contributed by atoms with van der Waals surface area (Å²) in [6.45, 7) is 1.32. The molecule has 1 saturated carbocycles. The number of methoxy groups -OCH3 is 1. The number of hydrogen-bond acceptors (Lipinski definition) is 5. The normalized spacial score (nSPS) is 18.6. The molecular formula is C21H23ClN2O5S. The van der Waals surface area contributed by atoms with E-state index < -0.39 is 15.4 Å². The van der Waals surface area contributed by atoms with E-state index in [1.54, 1.807) is 18.2 Å². The summed E-state index contributed by atoms with van der Waals surface area (Å²) in [4.78, 5) is 13.3. The van der Waals surface area contributed by atoms with Gasteiger partial charge in [-0.3, -0.25) is 4.79 Å². The number of nitrogens with one attached hydrogen (secondary N) is 1. The van der Waals surface area contributed by atoms with Crippen molar-refractivity contribution in [2.75, 3.05) is 38.7 Å². The first-order valence-electron chi connectivity index (χ1n) is 9.70. The van der Waals surface area contributed by atoms with Gasteiger partial charge in [-0.2, -0.15) is 4.31 Å². The fourth-order valence-electron chi connectivity index (χ4n) is 3.68. The van der Waals surface area contributed by atoms with Crippen molar-refractivity contribution in [1.29, 1.82) is 0 Å². The highest BCUT2D eigenvalue weighted by Gasteiger charge is 2.51. The minimum atomic E-state index is -3.69. The summed E-state index contributed by atoms with van der Waals surface area (Å²) in [5.41, 5.74) is 0.517. The second kappa shape index (κ2) is 8.19. The molecule has 4 rings (SSSR count). The van der Waals surface area contributed by atoms with E-state index in [0.717, 1.165) is 5.56 Å². The zero-order valence-corrected chi connectivity index (χ0v) is 18.1. The molecule has 0 radical (unpaired) electrons. The molecule has 7 nitrogen and oxygen atoms in total. The predicted octanol–water partition coefficient (Wildman–Crippen LogP) is 3.04. The van der Waals surface area contributed by atoms with Crippen molar-refractivity contribution in [2.24, 2.45) is 0 Å². The van der Waals surface area contributed by atoms with Gasteiger partial charge in [0.2, 0.25) is 15.9 Å². The number of amides is 1. The third kappa shape index (κ3) is 3.92. The van der Waals surface area contributed by atoms with Crippen LogP contribution in [0.5, 0.6) is 5.75 Å². The van der Waals surface area contributed by atoms with E-state index in [4.69, 9.17) is 21.1 Å². The van der Waals surface area contributed by atoms with E-state index in [2.05, 4.69) is 5.32 Å². The lowest BCUT2D eigenvalue weighted by Gasteiger charge is -2.26. The zero-order valence-electron chi connectivity index (χ0n) is 16.6. The summed E-state index contributed by atoms with van der Waals surface area (Å²) in [7, 11) is -2.22. The number of carbonyl (C=O) groups excluding carboxylic acids is 1. The predicted molar refractivity (Wildman–Crippen MR) is 114 cm³/mol. The van der Waals surface area contributed by atoms with Crippen molar-refractivity contribution < 1.29 is 22.7 Å². The number of nitrogens with zero attached hydrogens (tertiary/aromatic N) is 1. The van der Waals surface area contributed by atoms with Crippen LogP contribution in [0.25, 0.3) is 0 Å². The Bertz CT molecular complexity index is 1060. The lowest BCUT2D eigenvalue weighted by Crippen LogP contribution is -2.40. The maximum absolute atomic E-state index is 13.2. The van der Waals surface area contributed by atoms with Crippen molar-refractivity contribution in [2.45, 2.75) is 23.2 Å². The molecule has 9 heteroatoms. The first-order chi connectivity index (χ1) is 14.4. The largest absolute Gasteiger partial charge is 0.495 e.